The third kappa shape index (κ3) is 1.34. The molecule has 0 aromatic heterocycles. The van der Waals surface area contributed by atoms with Gasteiger partial charge in [0.2, 0.25) is 11.6 Å². The van der Waals surface area contributed by atoms with Crippen LogP contribution in [0.4, 0.5) is 0 Å². The molecule has 0 aromatic rings. The summed E-state index contributed by atoms with van der Waals surface area (Å²) in [5, 5.41) is 0. The molecule has 2 aliphatic carbocycles. The topological polar surface area (TPSA) is 61.8 Å². The Morgan fingerprint density at radius 3 is 2.80 bits per heavy atom. The van der Waals surface area contributed by atoms with Crippen LogP contribution in [0.25, 0.3) is 0 Å². The van der Waals surface area contributed by atoms with Crippen molar-refractivity contribution in [3.8, 4) is 0 Å². The maximum Gasteiger partial charge on any atom is 0.316 e. The van der Waals surface area contributed by atoms with Gasteiger partial charge in [0.05, 0.1) is 25.0 Å². The first-order valence-corrected chi connectivity index (χ1v) is 6.64. The van der Waals surface area contributed by atoms with Crippen molar-refractivity contribution in [1.82, 2.24) is 0 Å². The van der Waals surface area contributed by atoms with Crippen molar-refractivity contribution in [2.75, 3.05) is 20.8 Å². The summed E-state index contributed by atoms with van der Waals surface area (Å²) in [5.41, 5.74) is -1.33. The lowest BCUT2D eigenvalue weighted by atomic mass is 9.54. The highest BCUT2D eigenvalue weighted by molar-refractivity contribution is 6.00. The first-order chi connectivity index (χ1) is 9.45. The molecule has 5 nitrogen and oxygen atoms in total. The molecule has 108 valence electrons. The number of carbonyl (C=O) groups is 2. The number of hydrogen-bond acceptors (Lipinski definition) is 5. The van der Waals surface area contributed by atoms with E-state index in [1.165, 1.54) is 20.3 Å². The Kier molecular flexibility index (Phi) is 2.72. The quantitative estimate of drug-likeness (QED) is 0.562. The van der Waals surface area contributed by atoms with Crippen molar-refractivity contribution >= 4 is 11.8 Å². The molecule has 1 aliphatic heterocycles. The highest BCUT2D eigenvalue weighted by atomic mass is 16.7. The summed E-state index contributed by atoms with van der Waals surface area (Å²) in [6.07, 6.45) is 7.52. The SMILES string of the molecule is COC(=O)[C@@]12C=CC(=O)[C@@]3(OC)OC[C@@](C)(C=CC1)[C@H]32. The summed E-state index contributed by atoms with van der Waals surface area (Å²) in [5.74, 6) is -2.40. The average molecular weight is 278 g/mol. The van der Waals surface area contributed by atoms with E-state index >= 15 is 0 Å². The van der Waals surface area contributed by atoms with Gasteiger partial charge in [0, 0.05) is 12.5 Å². The van der Waals surface area contributed by atoms with Crippen molar-refractivity contribution < 1.29 is 23.8 Å². The van der Waals surface area contributed by atoms with Gasteiger partial charge in [-0.1, -0.05) is 25.2 Å². The lowest BCUT2D eigenvalue weighted by Gasteiger charge is -2.49. The molecule has 1 saturated heterocycles. The van der Waals surface area contributed by atoms with Gasteiger partial charge in [0.1, 0.15) is 0 Å². The van der Waals surface area contributed by atoms with Crippen molar-refractivity contribution in [2.45, 2.75) is 19.1 Å². The Bertz CT molecular complexity index is 536. The first kappa shape index (κ1) is 13.5. The molecule has 1 heterocycles. The van der Waals surface area contributed by atoms with E-state index in [9.17, 15) is 9.59 Å². The molecular weight excluding hydrogens is 260 g/mol. The lowest BCUT2D eigenvalue weighted by Crippen LogP contribution is -2.60. The molecule has 3 rings (SSSR count). The minimum atomic E-state index is -1.39. The van der Waals surface area contributed by atoms with Crippen molar-refractivity contribution in [3.63, 3.8) is 0 Å². The van der Waals surface area contributed by atoms with E-state index < -0.39 is 22.5 Å². The van der Waals surface area contributed by atoms with Crippen LogP contribution in [0, 0.1) is 16.7 Å². The van der Waals surface area contributed by atoms with E-state index in [4.69, 9.17) is 14.2 Å². The zero-order valence-corrected chi connectivity index (χ0v) is 11.8. The molecule has 0 N–H and O–H groups in total. The van der Waals surface area contributed by atoms with Crippen LogP contribution in [0.2, 0.25) is 0 Å². The number of carbonyl (C=O) groups excluding carboxylic acids is 2. The molecule has 20 heavy (non-hydrogen) atoms. The first-order valence-electron chi connectivity index (χ1n) is 6.64. The van der Waals surface area contributed by atoms with Gasteiger partial charge < -0.3 is 14.2 Å². The summed E-state index contributed by atoms with van der Waals surface area (Å²) < 4.78 is 16.2. The smallest absolute Gasteiger partial charge is 0.316 e. The molecule has 5 heteroatoms. The predicted molar refractivity (Wildman–Crippen MR) is 69.6 cm³/mol. The van der Waals surface area contributed by atoms with E-state index in [1.54, 1.807) is 6.08 Å². The van der Waals surface area contributed by atoms with Crippen LogP contribution < -0.4 is 0 Å². The molecule has 0 amide bonds. The third-order valence-corrected chi connectivity index (χ3v) is 4.85. The number of ketones is 1. The van der Waals surface area contributed by atoms with Gasteiger partial charge in [-0.2, -0.15) is 0 Å². The molecule has 1 fully saturated rings. The fourth-order valence-electron chi connectivity index (χ4n) is 4.03. The highest BCUT2D eigenvalue weighted by Crippen LogP contribution is 2.61. The van der Waals surface area contributed by atoms with E-state index in [0.717, 1.165) is 0 Å². The van der Waals surface area contributed by atoms with Crippen LogP contribution in [0.15, 0.2) is 24.3 Å². The number of methoxy groups -OCH3 is 2. The van der Waals surface area contributed by atoms with Crippen LogP contribution in [0.1, 0.15) is 13.3 Å². The van der Waals surface area contributed by atoms with Crippen molar-refractivity contribution in [3.05, 3.63) is 24.3 Å². The molecule has 0 saturated carbocycles. The lowest BCUT2D eigenvalue weighted by molar-refractivity contribution is -0.226. The summed E-state index contributed by atoms with van der Waals surface area (Å²) in [7, 11) is 2.81. The predicted octanol–water partition coefficient (Wildman–Crippen LogP) is 1.24. The highest BCUT2D eigenvalue weighted by Gasteiger charge is 2.71. The number of ether oxygens (including phenoxy) is 3. The van der Waals surface area contributed by atoms with Gasteiger partial charge in [-0.25, -0.2) is 0 Å². The van der Waals surface area contributed by atoms with Gasteiger partial charge >= 0.3 is 5.97 Å². The van der Waals surface area contributed by atoms with Crippen LogP contribution in [-0.4, -0.2) is 38.4 Å². The zero-order valence-electron chi connectivity index (χ0n) is 11.8. The van der Waals surface area contributed by atoms with Crippen LogP contribution in [0.3, 0.4) is 0 Å². The van der Waals surface area contributed by atoms with Gasteiger partial charge in [-0.3, -0.25) is 9.59 Å². The summed E-state index contributed by atoms with van der Waals surface area (Å²) in [6, 6.07) is 0. The Morgan fingerprint density at radius 1 is 1.40 bits per heavy atom. The Balaban J connectivity index is 2.25. The maximum atomic E-state index is 12.4. The second kappa shape index (κ2) is 4.02. The second-order valence-electron chi connectivity index (χ2n) is 5.94. The van der Waals surface area contributed by atoms with E-state index in [2.05, 4.69) is 0 Å². The van der Waals surface area contributed by atoms with Gasteiger partial charge in [-0.05, 0) is 12.5 Å². The van der Waals surface area contributed by atoms with Crippen molar-refractivity contribution in [1.29, 1.82) is 0 Å². The zero-order chi connectivity index (χ0) is 14.6. The number of allylic oxidation sites excluding steroid dienone is 1. The monoisotopic (exact) mass is 278 g/mol. The molecule has 4 atom stereocenters. The molecule has 0 radical (unpaired) electrons. The minimum absolute atomic E-state index is 0.247. The normalized spacial score (nSPS) is 45.4. The molecule has 0 spiro atoms. The fourth-order valence-corrected chi connectivity index (χ4v) is 4.03. The molecule has 0 bridgehead atoms. The van der Waals surface area contributed by atoms with Crippen LogP contribution >= 0.6 is 0 Å². The Morgan fingerprint density at radius 2 is 2.15 bits per heavy atom. The maximum absolute atomic E-state index is 12.4. The number of hydrogen-bond donors (Lipinski definition) is 0. The van der Waals surface area contributed by atoms with Crippen LogP contribution in [-0.2, 0) is 23.8 Å². The van der Waals surface area contributed by atoms with E-state index in [-0.39, 0.29) is 11.8 Å². The van der Waals surface area contributed by atoms with Gasteiger partial charge in [0.25, 0.3) is 0 Å². The molecule has 3 aliphatic rings. The number of esters is 1. The fraction of sp³-hybridized carbons (Fsp3) is 0.600. The van der Waals surface area contributed by atoms with Gasteiger partial charge in [0.15, 0.2) is 0 Å². The van der Waals surface area contributed by atoms with Crippen LogP contribution in [0.5, 0.6) is 0 Å². The Hall–Kier alpha value is -1.46. The van der Waals surface area contributed by atoms with E-state index in [0.29, 0.717) is 13.0 Å². The largest absolute Gasteiger partial charge is 0.468 e. The second-order valence-corrected chi connectivity index (χ2v) is 5.94. The van der Waals surface area contributed by atoms with Crippen molar-refractivity contribution in [2.24, 2.45) is 16.7 Å². The molecular formula is C15H18O5. The summed E-state index contributed by atoms with van der Waals surface area (Å²) >= 11 is 0. The molecule has 0 aromatic carbocycles. The third-order valence-electron chi connectivity index (χ3n) is 4.85. The standard InChI is InChI=1S/C15H18O5/c1-13-6-4-7-14(12(17)18-2)8-5-10(16)15(19-3,11(13)14)20-9-13/h4-6,8,11H,7,9H2,1-3H3/t11-,13+,14+,15+/m0/s1. The Labute approximate surface area is 117 Å². The number of rotatable bonds is 2. The molecule has 0 unspecified atom stereocenters. The van der Waals surface area contributed by atoms with E-state index in [1.807, 2.05) is 19.1 Å². The summed E-state index contributed by atoms with van der Waals surface area (Å²) in [4.78, 5) is 24.8. The van der Waals surface area contributed by atoms with Gasteiger partial charge in [-0.15, -0.1) is 0 Å². The average Bonchev–Trinajstić information content (AvgIpc) is 2.78. The minimum Gasteiger partial charge on any atom is -0.468 e. The summed E-state index contributed by atoms with van der Waals surface area (Å²) in [6.45, 7) is 2.33.